The van der Waals surface area contributed by atoms with Crippen molar-refractivity contribution >= 4 is 17.6 Å². The lowest BCUT2D eigenvalue weighted by atomic mass is 9.97. The van der Waals surface area contributed by atoms with Crippen molar-refractivity contribution in [3.05, 3.63) is 125 Å². The topological polar surface area (TPSA) is 69.6 Å². The van der Waals surface area contributed by atoms with E-state index in [0.29, 0.717) is 11.1 Å². The lowest BCUT2D eigenvalue weighted by Crippen LogP contribution is -2.30. The van der Waals surface area contributed by atoms with Crippen LogP contribution in [0.4, 0.5) is 5.69 Å². The molecule has 1 amide bonds. The second-order valence-corrected chi connectivity index (χ2v) is 9.52. The summed E-state index contributed by atoms with van der Waals surface area (Å²) >= 11 is 0. The summed E-state index contributed by atoms with van der Waals surface area (Å²) < 4.78 is 0. The van der Waals surface area contributed by atoms with Crippen LogP contribution in [-0.4, -0.2) is 23.5 Å². The molecule has 5 rings (SSSR count). The highest BCUT2D eigenvalue weighted by Gasteiger charge is 2.20. The molecule has 1 atom stereocenters. The van der Waals surface area contributed by atoms with Gasteiger partial charge in [0.15, 0.2) is 0 Å². The van der Waals surface area contributed by atoms with Gasteiger partial charge in [0.05, 0.1) is 11.6 Å². The molecule has 0 saturated heterocycles. The van der Waals surface area contributed by atoms with E-state index in [1.165, 1.54) is 11.3 Å². The zero-order valence-electron chi connectivity index (χ0n) is 20.9. The smallest absolute Gasteiger partial charge is 0.336 e. The van der Waals surface area contributed by atoms with E-state index >= 15 is 0 Å². The van der Waals surface area contributed by atoms with Crippen molar-refractivity contribution in [1.29, 1.82) is 0 Å². The van der Waals surface area contributed by atoms with Gasteiger partial charge in [0, 0.05) is 24.3 Å². The fourth-order valence-electron chi connectivity index (χ4n) is 5.02. The Bertz CT molecular complexity index is 1410. The van der Waals surface area contributed by atoms with Crippen LogP contribution in [0, 0.1) is 0 Å². The third-order valence-corrected chi connectivity index (χ3v) is 7.00. The zero-order valence-corrected chi connectivity index (χ0v) is 20.9. The monoisotopic (exact) mass is 490 g/mol. The first kappa shape index (κ1) is 24.3. The molecule has 5 heteroatoms. The first-order valence-electron chi connectivity index (χ1n) is 12.6. The molecule has 0 spiro atoms. The number of fused-ring (bicyclic) bond motifs is 1. The maximum absolute atomic E-state index is 12.9. The number of carbonyl (C=O) groups excluding carboxylic acids is 1. The van der Waals surface area contributed by atoms with E-state index in [9.17, 15) is 14.7 Å². The first-order valence-corrected chi connectivity index (χ1v) is 12.6. The fourth-order valence-corrected chi connectivity index (χ4v) is 5.02. The Labute approximate surface area is 217 Å². The lowest BCUT2D eigenvalue weighted by Gasteiger charge is -2.32. The van der Waals surface area contributed by atoms with Gasteiger partial charge in [0.2, 0.25) is 0 Å². The van der Waals surface area contributed by atoms with Crippen LogP contribution in [0.2, 0.25) is 0 Å². The van der Waals surface area contributed by atoms with Gasteiger partial charge in [-0.25, -0.2) is 4.79 Å². The van der Waals surface area contributed by atoms with Crippen LogP contribution in [0.1, 0.15) is 56.8 Å². The number of benzene rings is 4. The molecule has 1 aliphatic rings. The van der Waals surface area contributed by atoms with Crippen molar-refractivity contribution in [3.8, 4) is 11.1 Å². The van der Waals surface area contributed by atoms with E-state index in [0.717, 1.165) is 48.2 Å². The maximum Gasteiger partial charge on any atom is 0.336 e. The van der Waals surface area contributed by atoms with E-state index in [1.807, 2.05) is 73.7 Å². The minimum absolute atomic E-state index is 0.0616. The number of carboxylic acids is 1. The van der Waals surface area contributed by atoms with Gasteiger partial charge < -0.3 is 15.3 Å². The van der Waals surface area contributed by atoms with E-state index < -0.39 is 5.97 Å². The summed E-state index contributed by atoms with van der Waals surface area (Å²) in [6.07, 6.45) is 1.98. The second-order valence-electron chi connectivity index (χ2n) is 9.52. The Morgan fingerprint density at radius 1 is 0.919 bits per heavy atom. The molecule has 4 aromatic carbocycles. The quantitative estimate of drug-likeness (QED) is 0.310. The van der Waals surface area contributed by atoms with Gasteiger partial charge in [-0.1, -0.05) is 72.8 Å². The summed E-state index contributed by atoms with van der Waals surface area (Å²) in [6.45, 7) is 3.70. The van der Waals surface area contributed by atoms with E-state index in [2.05, 4.69) is 28.4 Å². The van der Waals surface area contributed by atoms with Crippen molar-refractivity contribution in [2.24, 2.45) is 0 Å². The van der Waals surface area contributed by atoms with Crippen LogP contribution in [0.25, 0.3) is 11.1 Å². The molecule has 5 nitrogen and oxygen atoms in total. The van der Waals surface area contributed by atoms with Crippen LogP contribution in [0.5, 0.6) is 0 Å². The number of rotatable bonds is 7. The maximum atomic E-state index is 12.9. The number of hydrogen-bond donors (Lipinski definition) is 2. The summed E-state index contributed by atoms with van der Waals surface area (Å²) in [6, 6.07) is 31.1. The number of aryl methyl sites for hydroxylation is 1. The second kappa shape index (κ2) is 10.7. The molecule has 0 aliphatic carbocycles. The predicted octanol–water partition coefficient (Wildman–Crippen LogP) is 6.50. The van der Waals surface area contributed by atoms with Crippen LogP contribution in [0.15, 0.2) is 97.1 Å². The van der Waals surface area contributed by atoms with Crippen LogP contribution < -0.4 is 10.2 Å². The molecule has 0 fully saturated rings. The third kappa shape index (κ3) is 5.41. The van der Waals surface area contributed by atoms with Crippen LogP contribution in [-0.2, 0) is 13.0 Å². The molecule has 2 N–H and O–H groups in total. The standard InChI is InChI=1S/C32H30N2O3/c1-22(24-8-3-2-4-9-24)33-31(35)27-17-18-30-26(20-27)10-7-19-34(30)21-23-13-15-25(16-14-23)28-11-5-6-12-29(28)32(36)37/h2-6,8-9,11-18,20,22H,7,10,19,21H2,1H3,(H,33,35)(H,36,37). The van der Waals surface area contributed by atoms with Crippen LogP contribution in [0.3, 0.4) is 0 Å². The fraction of sp³-hybridized carbons (Fsp3) is 0.188. The molecular weight excluding hydrogens is 460 g/mol. The van der Waals surface area contributed by atoms with Crippen molar-refractivity contribution in [2.75, 3.05) is 11.4 Å². The summed E-state index contributed by atoms with van der Waals surface area (Å²) in [7, 11) is 0. The largest absolute Gasteiger partial charge is 0.478 e. The summed E-state index contributed by atoms with van der Waals surface area (Å²) in [5.74, 6) is -0.985. The highest BCUT2D eigenvalue weighted by atomic mass is 16.4. The molecule has 186 valence electrons. The number of nitrogens with one attached hydrogen (secondary N) is 1. The number of hydrogen-bond acceptors (Lipinski definition) is 3. The van der Waals surface area contributed by atoms with E-state index in [-0.39, 0.29) is 11.9 Å². The van der Waals surface area contributed by atoms with Crippen molar-refractivity contribution < 1.29 is 14.7 Å². The number of amides is 1. The highest BCUT2D eigenvalue weighted by Crippen LogP contribution is 2.30. The summed E-state index contributed by atoms with van der Waals surface area (Å²) in [5, 5.41) is 12.6. The normalized spacial score (nSPS) is 13.5. The lowest BCUT2D eigenvalue weighted by molar-refractivity contribution is 0.0697. The number of anilines is 1. The predicted molar refractivity (Wildman–Crippen MR) is 147 cm³/mol. The average molecular weight is 491 g/mol. The highest BCUT2D eigenvalue weighted by molar-refractivity contribution is 5.96. The van der Waals surface area contributed by atoms with Gasteiger partial charge in [0.25, 0.3) is 5.91 Å². The SMILES string of the molecule is CC(NC(=O)c1ccc2c(c1)CCCN2Cc1ccc(-c2ccccc2C(=O)O)cc1)c1ccccc1. The Morgan fingerprint density at radius 3 is 2.41 bits per heavy atom. The van der Waals surface area contributed by atoms with Crippen molar-refractivity contribution in [1.82, 2.24) is 5.32 Å². The Kier molecular flexibility index (Phi) is 7.04. The van der Waals surface area contributed by atoms with E-state index in [1.54, 1.807) is 12.1 Å². The molecule has 1 aliphatic heterocycles. The summed E-state index contributed by atoms with van der Waals surface area (Å²) in [4.78, 5) is 26.9. The molecular formula is C32H30N2O3. The minimum atomic E-state index is -0.924. The zero-order chi connectivity index (χ0) is 25.8. The Morgan fingerprint density at radius 2 is 1.65 bits per heavy atom. The third-order valence-electron chi connectivity index (χ3n) is 7.00. The number of nitrogens with zero attached hydrogens (tertiary/aromatic N) is 1. The number of aromatic carboxylic acids is 1. The van der Waals surface area contributed by atoms with Gasteiger partial charge in [-0.3, -0.25) is 4.79 Å². The molecule has 1 heterocycles. The molecule has 1 unspecified atom stereocenters. The molecule has 0 aromatic heterocycles. The first-order chi connectivity index (χ1) is 18.0. The molecule has 37 heavy (non-hydrogen) atoms. The summed E-state index contributed by atoms with van der Waals surface area (Å²) in [5.41, 5.74) is 7.19. The van der Waals surface area contributed by atoms with E-state index in [4.69, 9.17) is 0 Å². The number of carbonyl (C=O) groups is 2. The average Bonchev–Trinajstić information content (AvgIpc) is 2.93. The van der Waals surface area contributed by atoms with Gasteiger partial charge >= 0.3 is 5.97 Å². The molecule has 0 saturated carbocycles. The molecule has 0 radical (unpaired) electrons. The Hall–Kier alpha value is -4.38. The molecule has 0 bridgehead atoms. The van der Waals surface area contributed by atoms with Gasteiger partial charge in [0.1, 0.15) is 0 Å². The number of carboxylic acid groups (broad SMARTS) is 1. The van der Waals surface area contributed by atoms with Gasteiger partial charge in [-0.15, -0.1) is 0 Å². The van der Waals surface area contributed by atoms with Crippen molar-refractivity contribution in [2.45, 2.75) is 32.4 Å². The minimum Gasteiger partial charge on any atom is -0.478 e. The molecule has 4 aromatic rings. The van der Waals surface area contributed by atoms with Crippen molar-refractivity contribution in [3.63, 3.8) is 0 Å². The van der Waals surface area contributed by atoms with Crippen LogP contribution >= 0.6 is 0 Å². The Balaban J connectivity index is 1.29. The van der Waals surface area contributed by atoms with Gasteiger partial charge in [-0.2, -0.15) is 0 Å². The van der Waals surface area contributed by atoms with Gasteiger partial charge in [-0.05, 0) is 71.8 Å².